The maximum absolute atomic E-state index is 15.2. The van der Waals surface area contributed by atoms with Gasteiger partial charge in [-0.1, -0.05) is 29.8 Å². The number of piperidine rings is 2. The number of aromatic hydroxyl groups is 1. The standard InChI is InChI=1S/C24H35FN6O2.C14H20N4O2.C9H10O/c1-18-15-31(23-21(18)13-19(14-27-23)28-22(33)3-8-26-17-32)20-4-9-30(10-5-20)16-24(25)6-11-29(2)12-7-24;15-11(10-3-1-2-4-13(10)19)9-12(14(16)17)18-5-7-20-8-6-18;1-7-3-4-8(2)9(5-7)6-10/h13-15,17,20H,3-12,16H2,1-2H3,(H,26,32)(H,28,33);1-4,9,19H,5-8,15-17H2;3-6H,1-2H3/b;11-9-;. The van der Waals surface area contributed by atoms with Gasteiger partial charge in [0.15, 0.2) is 0 Å². The number of pyridine rings is 1. The number of phenolic OH excluding ortho intramolecular Hbond substituents is 1. The third-order valence-corrected chi connectivity index (χ3v) is 11.8. The minimum absolute atomic E-state index is 0.123. The van der Waals surface area contributed by atoms with Gasteiger partial charge in [-0.2, -0.15) is 0 Å². The number of ether oxygens (including phenoxy) is 1. The lowest BCUT2D eigenvalue weighted by Crippen LogP contribution is -2.49. The minimum Gasteiger partial charge on any atom is -0.507 e. The maximum Gasteiger partial charge on any atom is 0.226 e. The highest BCUT2D eigenvalue weighted by atomic mass is 19.1. The Morgan fingerprint density at radius 3 is 2.30 bits per heavy atom. The number of nitrogens with one attached hydrogen (secondary N) is 2. The molecular weight excluding hydrogens is 804 g/mol. The van der Waals surface area contributed by atoms with Gasteiger partial charge in [-0.3, -0.25) is 14.4 Å². The minimum atomic E-state index is -1.05. The van der Waals surface area contributed by atoms with Gasteiger partial charge in [0.25, 0.3) is 0 Å². The fourth-order valence-electron chi connectivity index (χ4n) is 8.03. The number of allylic oxidation sites excluding steroid dienone is 1. The first-order valence-corrected chi connectivity index (χ1v) is 21.6. The normalized spacial score (nSPS) is 17.1. The molecule has 16 heteroatoms. The zero-order valence-corrected chi connectivity index (χ0v) is 37.1. The highest BCUT2D eigenvalue weighted by Gasteiger charge is 2.36. The number of aromatic nitrogens is 2. The average Bonchev–Trinajstić information content (AvgIpc) is 3.60. The number of hydrogen-bond donors (Lipinski definition) is 6. The van der Waals surface area contributed by atoms with Crippen LogP contribution >= 0.6 is 0 Å². The van der Waals surface area contributed by atoms with E-state index >= 15 is 4.39 Å². The highest BCUT2D eigenvalue weighted by Crippen LogP contribution is 2.33. The van der Waals surface area contributed by atoms with Crippen molar-refractivity contribution in [3.63, 3.8) is 0 Å². The topological polar surface area (TPSA) is 210 Å². The number of hydrogen-bond acceptors (Lipinski definition) is 12. The summed E-state index contributed by atoms with van der Waals surface area (Å²) in [6.45, 7) is 13.0. The fraction of sp³-hybridized carbons (Fsp3) is 0.447. The van der Waals surface area contributed by atoms with Gasteiger partial charge < -0.3 is 56.9 Å². The van der Waals surface area contributed by atoms with Crippen molar-refractivity contribution in [1.82, 2.24) is 29.6 Å². The van der Waals surface area contributed by atoms with Crippen LogP contribution in [-0.4, -0.2) is 126 Å². The molecule has 15 nitrogen and oxygen atoms in total. The second kappa shape index (κ2) is 22.9. The number of carbonyl (C=O) groups excluding carboxylic acids is 3. The van der Waals surface area contributed by atoms with Gasteiger partial charge in [0.05, 0.1) is 30.8 Å². The van der Waals surface area contributed by atoms with Crippen molar-refractivity contribution in [2.24, 2.45) is 17.2 Å². The van der Waals surface area contributed by atoms with Gasteiger partial charge in [0.2, 0.25) is 12.3 Å². The molecule has 0 bridgehead atoms. The average molecular weight is 869 g/mol. The molecule has 2 amide bonds. The predicted molar refractivity (Wildman–Crippen MR) is 246 cm³/mol. The molecule has 3 aliphatic heterocycles. The van der Waals surface area contributed by atoms with Gasteiger partial charge in [-0.25, -0.2) is 9.37 Å². The van der Waals surface area contributed by atoms with Crippen molar-refractivity contribution >= 4 is 41.0 Å². The van der Waals surface area contributed by atoms with E-state index in [0.29, 0.717) is 87.3 Å². The predicted octanol–water partition coefficient (Wildman–Crippen LogP) is 4.72. The number of carbonyl (C=O) groups is 3. The van der Waals surface area contributed by atoms with E-state index in [-0.39, 0.29) is 23.9 Å². The first-order valence-electron chi connectivity index (χ1n) is 21.6. The molecule has 0 aliphatic carbocycles. The van der Waals surface area contributed by atoms with Gasteiger partial charge in [-0.15, -0.1) is 0 Å². The van der Waals surface area contributed by atoms with E-state index in [0.717, 1.165) is 78.6 Å². The second-order valence-corrected chi connectivity index (χ2v) is 16.7. The van der Waals surface area contributed by atoms with Crippen LogP contribution in [0, 0.1) is 20.8 Å². The quantitative estimate of drug-likeness (QED) is 0.0650. The summed E-state index contributed by atoms with van der Waals surface area (Å²) in [5.41, 5.74) is 23.8. The molecule has 5 heterocycles. The number of nitrogens with zero attached hydrogens (tertiary/aromatic N) is 5. The summed E-state index contributed by atoms with van der Waals surface area (Å²) in [6, 6.07) is 15.0. The molecule has 4 aromatic rings. The summed E-state index contributed by atoms with van der Waals surface area (Å²) < 4.78 is 22.8. The number of benzene rings is 2. The molecule has 0 spiro atoms. The third-order valence-electron chi connectivity index (χ3n) is 11.8. The summed E-state index contributed by atoms with van der Waals surface area (Å²) >= 11 is 0. The summed E-state index contributed by atoms with van der Waals surface area (Å²) in [5, 5.41) is 16.2. The number of morpholine rings is 1. The van der Waals surface area contributed by atoms with Gasteiger partial charge in [0, 0.05) is 93.2 Å². The molecule has 0 saturated carbocycles. The van der Waals surface area contributed by atoms with E-state index < -0.39 is 5.67 Å². The Labute approximate surface area is 370 Å². The molecule has 2 aromatic carbocycles. The number of aryl methyl sites for hydroxylation is 3. The van der Waals surface area contributed by atoms with Crippen LogP contribution in [0.5, 0.6) is 5.75 Å². The number of aldehydes is 1. The Hall–Kier alpha value is -5.97. The van der Waals surface area contributed by atoms with E-state index in [1.807, 2.05) is 43.0 Å². The van der Waals surface area contributed by atoms with Crippen LogP contribution in [0.15, 0.2) is 78.5 Å². The Kier molecular flexibility index (Phi) is 17.5. The lowest BCUT2D eigenvalue weighted by Gasteiger charge is -2.40. The number of alkyl halides is 1. The van der Waals surface area contributed by atoms with Crippen LogP contribution in [-0.2, 0) is 14.3 Å². The molecule has 0 unspecified atom stereocenters. The molecule has 0 atom stereocenters. The second-order valence-electron chi connectivity index (χ2n) is 16.7. The third kappa shape index (κ3) is 13.8. The highest BCUT2D eigenvalue weighted by molar-refractivity contribution is 5.93. The van der Waals surface area contributed by atoms with Crippen LogP contribution in [0.25, 0.3) is 16.7 Å². The molecule has 2 aromatic heterocycles. The van der Waals surface area contributed by atoms with E-state index in [2.05, 4.69) is 50.2 Å². The molecule has 3 fully saturated rings. The van der Waals surface area contributed by atoms with Crippen molar-refractivity contribution in [1.29, 1.82) is 0 Å². The van der Waals surface area contributed by atoms with Crippen LogP contribution in [0.4, 0.5) is 10.1 Å². The number of para-hydroxylation sites is 1. The van der Waals surface area contributed by atoms with E-state index in [9.17, 15) is 19.5 Å². The Balaban J connectivity index is 0.000000210. The van der Waals surface area contributed by atoms with Crippen molar-refractivity contribution in [2.45, 2.75) is 64.6 Å². The number of halogens is 1. The van der Waals surface area contributed by atoms with Crippen LogP contribution in [0.2, 0.25) is 0 Å². The molecule has 9 N–H and O–H groups in total. The fourth-order valence-corrected chi connectivity index (χ4v) is 8.03. The first-order chi connectivity index (χ1) is 30.2. The summed E-state index contributed by atoms with van der Waals surface area (Å²) in [7, 11) is 2.06. The zero-order chi connectivity index (χ0) is 45.5. The van der Waals surface area contributed by atoms with E-state index in [1.54, 1.807) is 36.5 Å². The van der Waals surface area contributed by atoms with Crippen molar-refractivity contribution < 1.29 is 28.6 Å². The Morgan fingerprint density at radius 2 is 1.67 bits per heavy atom. The molecule has 3 saturated heterocycles. The van der Waals surface area contributed by atoms with Crippen LogP contribution in [0.3, 0.4) is 0 Å². The van der Waals surface area contributed by atoms with Crippen LogP contribution in [0.1, 0.15) is 70.8 Å². The largest absolute Gasteiger partial charge is 0.507 e. The smallest absolute Gasteiger partial charge is 0.226 e. The molecular formula is C47H65FN10O5. The number of phenols is 1. The van der Waals surface area contributed by atoms with Gasteiger partial charge in [0.1, 0.15) is 29.2 Å². The molecule has 7 rings (SSSR count). The first kappa shape index (κ1) is 48.1. The van der Waals surface area contributed by atoms with Crippen molar-refractivity contribution in [3.05, 3.63) is 106 Å². The SMILES string of the molecule is Cc1ccc(C)c(C=O)c1.Cc1cn(C2CCN(CC3(F)CCN(C)CC3)CC2)c2ncc(NC(=O)CCNC=O)cc12.NC(N)=C(/C=C(\N)c1ccccc1O)N1CCOCC1. The number of likely N-dealkylation sites (tertiary alicyclic amines) is 2. The maximum atomic E-state index is 15.2. The molecule has 340 valence electrons. The van der Waals surface area contributed by atoms with E-state index in [4.69, 9.17) is 21.9 Å². The number of rotatable bonds is 12. The monoisotopic (exact) mass is 869 g/mol. The van der Waals surface area contributed by atoms with Crippen molar-refractivity contribution in [3.8, 4) is 5.75 Å². The number of amides is 2. The summed E-state index contributed by atoms with van der Waals surface area (Å²) in [4.78, 5) is 43.9. The lowest BCUT2D eigenvalue weighted by atomic mass is 9.92. The lowest BCUT2D eigenvalue weighted by molar-refractivity contribution is -0.116. The number of anilines is 1. The Morgan fingerprint density at radius 1 is 0.968 bits per heavy atom. The molecule has 3 aliphatic rings. The van der Waals surface area contributed by atoms with Crippen molar-refractivity contribution in [2.75, 3.05) is 77.9 Å². The molecule has 63 heavy (non-hydrogen) atoms. The van der Waals surface area contributed by atoms with Gasteiger partial charge >= 0.3 is 0 Å². The zero-order valence-electron chi connectivity index (χ0n) is 37.1. The van der Waals surface area contributed by atoms with E-state index in [1.165, 1.54) is 0 Å². The number of fused-ring (bicyclic) bond motifs is 1. The van der Waals surface area contributed by atoms with Gasteiger partial charge in [-0.05, 0) is 95.0 Å². The van der Waals surface area contributed by atoms with Crippen LogP contribution < -0.4 is 27.8 Å². The summed E-state index contributed by atoms with van der Waals surface area (Å²) in [6.07, 6.45) is 10.4. The Bertz CT molecular complexity index is 2220. The number of nitrogens with two attached hydrogens (primary N) is 3. The molecule has 0 radical (unpaired) electrons. The summed E-state index contributed by atoms with van der Waals surface area (Å²) in [5.74, 6) is 0.161.